The molecule has 0 aliphatic rings. The molecule has 2 rings (SSSR count). The Morgan fingerprint density at radius 1 is 1.15 bits per heavy atom. The second kappa shape index (κ2) is 6.06. The normalized spacial score (nSPS) is 10.1. The number of hydrogen-bond donors (Lipinski definition) is 0. The minimum absolute atomic E-state index is 0.0930. The van der Waals surface area contributed by atoms with Crippen LogP contribution in [0.25, 0.3) is 11.1 Å². The van der Waals surface area contributed by atoms with Crippen LogP contribution in [0.5, 0.6) is 5.75 Å². The molecule has 0 unspecified atom stereocenters. The Labute approximate surface area is 115 Å². The van der Waals surface area contributed by atoms with Crippen molar-refractivity contribution in [2.75, 3.05) is 13.7 Å². The molecule has 0 saturated heterocycles. The summed E-state index contributed by atoms with van der Waals surface area (Å²) >= 11 is 0. The molecule has 0 atom stereocenters. The van der Waals surface area contributed by atoms with Gasteiger partial charge in [0.05, 0.1) is 13.7 Å². The van der Waals surface area contributed by atoms with E-state index in [0.29, 0.717) is 11.3 Å². The minimum atomic E-state index is -0.656. The van der Waals surface area contributed by atoms with Gasteiger partial charge in [0, 0.05) is 11.6 Å². The predicted molar refractivity (Wildman–Crippen MR) is 72.9 cm³/mol. The summed E-state index contributed by atoms with van der Waals surface area (Å²) in [5.74, 6) is -0.0515. The van der Waals surface area contributed by atoms with Gasteiger partial charge in [0.15, 0.2) is 0 Å². The largest absolute Gasteiger partial charge is 0.497 e. The zero-order chi connectivity index (χ0) is 14.5. The summed E-state index contributed by atoms with van der Waals surface area (Å²) in [6, 6.07) is 9.88. The van der Waals surface area contributed by atoms with Gasteiger partial charge in [-0.25, -0.2) is 9.59 Å². The van der Waals surface area contributed by atoms with Crippen LogP contribution in [0.4, 0.5) is 0 Å². The fourth-order valence-corrected chi connectivity index (χ4v) is 1.76. The van der Waals surface area contributed by atoms with Gasteiger partial charge in [0.25, 0.3) is 0 Å². The van der Waals surface area contributed by atoms with Crippen LogP contribution in [-0.2, 0) is 4.74 Å². The molecule has 5 heteroatoms. The van der Waals surface area contributed by atoms with Crippen LogP contribution in [0.15, 0.2) is 45.6 Å². The number of ether oxygens (including phenoxy) is 2. The molecule has 0 amide bonds. The first-order valence-electron chi connectivity index (χ1n) is 6.11. The second-order valence-electron chi connectivity index (χ2n) is 3.95. The van der Waals surface area contributed by atoms with Crippen LogP contribution in [0, 0.1) is 0 Å². The van der Waals surface area contributed by atoms with Crippen LogP contribution in [-0.4, -0.2) is 19.7 Å². The van der Waals surface area contributed by atoms with Gasteiger partial charge >= 0.3 is 11.6 Å². The van der Waals surface area contributed by atoms with E-state index in [1.54, 1.807) is 44.4 Å². The third-order valence-corrected chi connectivity index (χ3v) is 2.70. The number of rotatable bonds is 4. The van der Waals surface area contributed by atoms with Gasteiger partial charge in [0.2, 0.25) is 5.76 Å². The lowest BCUT2D eigenvalue weighted by atomic mass is 10.0. The SMILES string of the molecule is CCOC(=O)c1oc(=O)ccc1-c1ccc(OC)cc1. The average molecular weight is 274 g/mol. The molecule has 0 saturated carbocycles. The molecule has 1 aromatic heterocycles. The maximum absolute atomic E-state index is 11.8. The molecule has 0 N–H and O–H groups in total. The Morgan fingerprint density at radius 3 is 2.45 bits per heavy atom. The molecule has 5 nitrogen and oxygen atoms in total. The van der Waals surface area contributed by atoms with Gasteiger partial charge in [-0.2, -0.15) is 0 Å². The molecule has 0 aliphatic heterocycles. The molecule has 0 spiro atoms. The van der Waals surface area contributed by atoms with E-state index in [1.807, 2.05) is 0 Å². The first-order chi connectivity index (χ1) is 9.65. The number of esters is 1. The predicted octanol–water partition coefficient (Wildman–Crippen LogP) is 2.49. The zero-order valence-corrected chi connectivity index (χ0v) is 11.2. The fraction of sp³-hybridized carbons (Fsp3) is 0.200. The van der Waals surface area contributed by atoms with E-state index in [4.69, 9.17) is 13.9 Å². The van der Waals surface area contributed by atoms with E-state index in [0.717, 1.165) is 5.56 Å². The van der Waals surface area contributed by atoms with Gasteiger partial charge in [-0.1, -0.05) is 12.1 Å². The average Bonchev–Trinajstić information content (AvgIpc) is 2.47. The van der Waals surface area contributed by atoms with Crippen LogP contribution in [0.3, 0.4) is 0 Å². The lowest BCUT2D eigenvalue weighted by molar-refractivity contribution is 0.0486. The van der Waals surface area contributed by atoms with Gasteiger partial charge in [-0.3, -0.25) is 0 Å². The monoisotopic (exact) mass is 274 g/mol. The molecule has 0 radical (unpaired) electrons. The Morgan fingerprint density at radius 2 is 1.85 bits per heavy atom. The topological polar surface area (TPSA) is 65.7 Å². The molecule has 0 bridgehead atoms. The number of hydrogen-bond acceptors (Lipinski definition) is 5. The molecule has 0 fully saturated rings. The highest BCUT2D eigenvalue weighted by Crippen LogP contribution is 2.25. The van der Waals surface area contributed by atoms with Crippen LogP contribution in [0.2, 0.25) is 0 Å². The lowest BCUT2D eigenvalue weighted by Crippen LogP contribution is -2.10. The highest BCUT2D eigenvalue weighted by molar-refractivity contribution is 5.94. The Bertz CT molecular complexity index is 655. The first kappa shape index (κ1) is 13.9. The summed E-state index contributed by atoms with van der Waals surface area (Å²) in [5.41, 5.74) is 0.647. The maximum Gasteiger partial charge on any atom is 0.375 e. The third-order valence-electron chi connectivity index (χ3n) is 2.70. The van der Waals surface area contributed by atoms with Crippen LogP contribution < -0.4 is 10.4 Å². The van der Waals surface area contributed by atoms with Crippen molar-refractivity contribution in [2.45, 2.75) is 6.92 Å². The van der Waals surface area contributed by atoms with Gasteiger partial charge in [-0.15, -0.1) is 0 Å². The summed E-state index contributed by atoms with van der Waals surface area (Å²) in [5, 5.41) is 0. The van der Waals surface area contributed by atoms with Gasteiger partial charge in [-0.05, 0) is 30.7 Å². The molecule has 0 aliphatic carbocycles. The molecule has 1 aromatic carbocycles. The van der Waals surface area contributed by atoms with Crippen molar-refractivity contribution in [3.63, 3.8) is 0 Å². The Hall–Kier alpha value is -2.56. The summed E-state index contributed by atoms with van der Waals surface area (Å²) in [6.07, 6.45) is 0. The van der Waals surface area contributed by atoms with E-state index < -0.39 is 11.6 Å². The number of carbonyl (C=O) groups excluding carboxylic acids is 1. The molecular formula is C15H14O5. The third kappa shape index (κ3) is 2.88. The number of methoxy groups -OCH3 is 1. The van der Waals surface area contributed by atoms with Gasteiger partial charge in [0.1, 0.15) is 5.75 Å². The van der Waals surface area contributed by atoms with E-state index >= 15 is 0 Å². The van der Waals surface area contributed by atoms with Gasteiger partial charge < -0.3 is 13.9 Å². The quantitative estimate of drug-likeness (QED) is 0.801. The first-order valence-corrected chi connectivity index (χ1v) is 6.11. The van der Waals surface area contributed by atoms with Crippen LogP contribution >= 0.6 is 0 Å². The second-order valence-corrected chi connectivity index (χ2v) is 3.95. The maximum atomic E-state index is 11.8. The van der Waals surface area contributed by atoms with Crippen molar-refractivity contribution in [2.24, 2.45) is 0 Å². The molecule has 2 aromatic rings. The highest BCUT2D eigenvalue weighted by atomic mass is 16.5. The number of benzene rings is 1. The standard InChI is InChI=1S/C15H14O5/c1-3-19-15(17)14-12(8-9-13(16)20-14)10-4-6-11(18-2)7-5-10/h4-9H,3H2,1-2H3. The summed E-state index contributed by atoms with van der Waals surface area (Å²) in [7, 11) is 1.57. The Balaban J connectivity index is 2.49. The van der Waals surface area contributed by atoms with Crippen molar-refractivity contribution >= 4 is 5.97 Å². The molecule has 104 valence electrons. The molecule has 20 heavy (non-hydrogen) atoms. The van der Waals surface area contributed by atoms with Crippen molar-refractivity contribution in [3.05, 3.63) is 52.6 Å². The van der Waals surface area contributed by atoms with Crippen molar-refractivity contribution in [3.8, 4) is 16.9 Å². The molecule has 1 heterocycles. The zero-order valence-electron chi connectivity index (χ0n) is 11.2. The fourth-order valence-electron chi connectivity index (χ4n) is 1.76. The van der Waals surface area contributed by atoms with E-state index in [9.17, 15) is 9.59 Å². The van der Waals surface area contributed by atoms with Crippen molar-refractivity contribution in [1.29, 1.82) is 0 Å². The minimum Gasteiger partial charge on any atom is -0.497 e. The van der Waals surface area contributed by atoms with E-state index in [2.05, 4.69) is 0 Å². The summed E-state index contributed by atoms with van der Waals surface area (Å²) < 4.78 is 14.9. The summed E-state index contributed by atoms with van der Waals surface area (Å²) in [6.45, 7) is 1.89. The van der Waals surface area contributed by atoms with Crippen LogP contribution in [0.1, 0.15) is 17.5 Å². The van der Waals surface area contributed by atoms with Crippen molar-refractivity contribution < 1.29 is 18.7 Å². The van der Waals surface area contributed by atoms with E-state index in [-0.39, 0.29) is 12.4 Å². The van der Waals surface area contributed by atoms with E-state index in [1.165, 1.54) is 6.07 Å². The highest BCUT2D eigenvalue weighted by Gasteiger charge is 2.17. The lowest BCUT2D eigenvalue weighted by Gasteiger charge is -2.07. The van der Waals surface area contributed by atoms with Crippen molar-refractivity contribution in [1.82, 2.24) is 0 Å². The molecular weight excluding hydrogens is 260 g/mol. The smallest absolute Gasteiger partial charge is 0.375 e. The summed E-state index contributed by atoms with van der Waals surface area (Å²) in [4.78, 5) is 23.1. The number of carbonyl (C=O) groups is 1. The Kier molecular flexibility index (Phi) is 4.20.